The third-order valence-corrected chi connectivity index (χ3v) is 7.72. The van der Waals surface area contributed by atoms with Gasteiger partial charge < -0.3 is 5.32 Å². The molecule has 0 atom stereocenters. The number of nitrogens with one attached hydrogen (secondary N) is 1. The first-order valence-corrected chi connectivity index (χ1v) is 9.60. The highest BCUT2D eigenvalue weighted by Crippen LogP contribution is 2.34. The molecule has 0 radical (unpaired) electrons. The molecule has 1 N–H and O–H groups in total. The van der Waals surface area contributed by atoms with Gasteiger partial charge in [0.1, 0.15) is 4.90 Å². The number of thiophene rings is 1. The van der Waals surface area contributed by atoms with E-state index in [4.69, 9.17) is 0 Å². The minimum absolute atomic E-state index is 0.198. The molecule has 2 aliphatic rings. The molecule has 0 aromatic carbocycles. The van der Waals surface area contributed by atoms with Gasteiger partial charge in [0.2, 0.25) is 10.0 Å². The summed E-state index contributed by atoms with van der Waals surface area (Å²) in [5.74, 6) is 0. The van der Waals surface area contributed by atoms with E-state index in [9.17, 15) is 8.42 Å². The van der Waals surface area contributed by atoms with E-state index < -0.39 is 10.0 Å². The number of rotatable bonds is 6. The van der Waals surface area contributed by atoms with E-state index in [0.29, 0.717) is 17.5 Å². The van der Waals surface area contributed by atoms with Gasteiger partial charge in [-0.15, -0.1) is 11.3 Å². The van der Waals surface area contributed by atoms with E-state index in [-0.39, 0.29) is 6.04 Å². The number of hydrogen-bond acceptors (Lipinski definition) is 4. The van der Waals surface area contributed by atoms with Gasteiger partial charge >= 0.3 is 0 Å². The molecule has 4 nitrogen and oxygen atoms in total. The van der Waals surface area contributed by atoms with Gasteiger partial charge in [-0.2, -0.15) is 4.31 Å². The lowest BCUT2D eigenvalue weighted by atomic mass is 9.94. The summed E-state index contributed by atoms with van der Waals surface area (Å²) < 4.78 is 27.3. The smallest absolute Gasteiger partial charge is 0.244 e. The van der Waals surface area contributed by atoms with Crippen molar-refractivity contribution >= 4 is 21.4 Å². The second kappa shape index (κ2) is 5.40. The summed E-state index contributed by atoms with van der Waals surface area (Å²) in [6, 6.07) is 0.792. The quantitative estimate of drug-likeness (QED) is 0.877. The molecule has 1 aromatic rings. The van der Waals surface area contributed by atoms with Gasteiger partial charge in [-0.1, -0.05) is 6.42 Å². The van der Waals surface area contributed by atoms with Crippen LogP contribution in [0.1, 0.15) is 42.5 Å². The molecule has 0 unspecified atom stereocenters. The first kappa shape index (κ1) is 14.5. The molecule has 6 heteroatoms. The van der Waals surface area contributed by atoms with Crippen LogP contribution in [0.4, 0.5) is 0 Å². The van der Waals surface area contributed by atoms with Crippen molar-refractivity contribution in [2.75, 3.05) is 7.05 Å². The van der Waals surface area contributed by atoms with Gasteiger partial charge in [0.25, 0.3) is 0 Å². The number of nitrogens with zero attached hydrogens (tertiary/aromatic N) is 1. The Labute approximate surface area is 125 Å². The molecule has 0 spiro atoms. The van der Waals surface area contributed by atoms with Crippen molar-refractivity contribution in [3.05, 3.63) is 15.8 Å². The van der Waals surface area contributed by atoms with Crippen molar-refractivity contribution in [1.82, 2.24) is 9.62 Å². The van der Waals surface area contributed by atoms with Crippen LogP contribution >= 0.6 is 11.3 Å². The summed E-state index contributed by atoms with van der Waals surface area (Å²) in [5.41, 5.74) is 0.883. The maximum Gasteiger partial charge on any atom is 0.244 e. The molecule has 112 valence electrons. The molecule has 1 heterocycles. The Morgan fingerprint density at radius 2 is 2.05 bits per heavy atom. The van der Waals surface area contributed by atoms with Gasteiger partial charge in [0, 0.05) is 30.6 Å². The second-order valence-corrected chi connectivity index (χ2v) is 8.83. The second-order valence-electron chi connectivity index (χ2n) is 5.93. The SMILES string of the molecule is Cc1csc(CNC2CC2)c1S(=O)(=O)N(C)C1CCC1. The van der Waals surface area contributed by atoms with Crippen LogP contribution in [0, 0.1) is 6.92 Å². The molecule has 0 bridgehead atoms. The van der Waals surface area contributed by atoms with E-state index in [2.05, 4.69) is 5.32 Å². The van der Waals surface area contributed by atoms with Crippen LogP contribution in [-0.4, -0.2) is 31.9 Å². The van der Waals surface area contributed by atoms with Crippen molar-refractivity contribution < 1.29 is 8.42 Å². The Morgan fingerprint density at radius 3 is 2.60 bits per heavy atom. The van der Waals surface area contributed by atoms with E-state index in [1.165, 1.54) is 12.8 Å². The van der Waals surface area contributed by atoms with Crippen LogP contribution < -0.4 is 5.32 Å². The lowest BCUT2D eigenvalue weighted by Gasteiger charge is -2.34. The highest BCUT2D eigenvalue weighted by molar-refractivity contribution is 7.89. The van der Waals surface area contributed by atoms with Crippen LogP contribution in [0.3, 0.4) is 0 Å². The van der Waals surface area contributed by atoms with Crippen LogP contribution in [0.15, 0.2) is 10.3 Å². The molecule has 2 aliphatic carbocycles. The van der Waals surface area contributed by atoms with Gasteiger partial charge in [-0.05, 0) is 43.6 Å². The predicted octanol–water partition coefficient (Wildman–Crippen LogP) is 2.48. The fourth-order valence-electron chi connectivity index (χ4n) is 2.57. The Balaban J connectivity index is 1.84. The Morgan fingerprint density at radius 1 is 1.35 bits per heavy atom. The molecular formula is C14H22N2O2S2. The topological polar surface area (TPSA) is 49.4 Å². The van der Waals surface area contributed by atoms with Crippen molar-refractivity contribution in [1.29, 1.82) is 0 Å². The minimum Gasteiger partial charge on any atom is -0.309 e. The fraction of sp³-hybridized carbons (Fsp3) is 0.714. The lowest BCUT2D eigenvalue weighted by molar-refractivity contribution is 0.249. The average molecular weight is 314 g/mol. The summed E-state index contributed by atoms with van der Waals surface area (Å²) in [5, 5.41) is 5.39. The molecule has 3 rings (SSSR count). The van der Waals surface area contributed by atoms with Crippen LogP contribution in [-0.2, 0) is 16.6 Å². The highest BCUT2D eigenvalue weighted by Gasteiger charge is 2.34. The van der Waals surface area contributed by atoms with Crippen LogP contribution in [0.2, 0.25) is 0 Å². The summed E-state index contributed by atoms with van der Waals surface area (Å²) in [6.45, 7) is 2.58. The molecule has 1 aromatic heterocycles. The molecule has 2 saturated carbocycles. The maximum absolute atomic E-state index is 12.8. The number of sulfonamides is 1. The molecule has 0 amide bonds. The van der Waals surface area contributed by atoms with E-state index in [1.807, 2.05) is 12.3 Å². The zero-order valence-corrected chi connectivity index (χ0v) is 13.7. The lowest BCUT2D eigenvalue weighted by Crippen LogP contribution is -2.41. The third kappa shape index (κ3) is 2.66. The monoisotopic (exact) mass is 314 g/mol. The predicted molar refractivity (Wildman–Crippen MR) is 81.5 cm³/mol. The Bertz CT molecular complexity index is 586. The van der Waals surface area contributed by atoms with Gasteiger partial charge in [-0.25, -0.2) is 8.42 Å². The van der Waals surface area contributed by atoms with Gasteiger partial charge in [0.05, 0.1) is 0 Å². The molecule has 0 saturated heterocycles. The third-order valence-electron chi connectivity index (χ3n) is 4.34. The van der Waals surface area contributed by atoms with Crippen molar-refractivity contribution in [2.45, 2.75) is 62.6 Å². The van der Waals surface area contributed by atoms with Crippen molar-refractivity contribution in [3.8, 4) is 0 Å². The first-order chi connectivity index (χ1) is 9.50. The summed E-state index contributed by atoms with van der Waals surface area (Å²) in [4.78, 5) is 1.51. The molecule has 0 aliphatic heterocycles. The first-order valence-electron chi connectivity index (χ1n) is 7.28. The van der Waals surface area contributed by atoms with E-state index >= 15 is 0 Å². The highest BCUT2D eigenvalue weighted by atomic mass is 32.2. The standard InChI is InChI=1S/C14H22N2O2S2/c1-10-9-19-13(8-15-11-6-7-11)14(10)20(17,18)16(2)12-4-3-5-12/h9,11-12,15H,3-8H2,1-2H3. The largest absolute Gasteiger partial charge is 0.309 e. The minimum atomic E-state index is -3.34. The average Bonchev–Trinajstić information content (AvgIpc) is 3.07. The van der Waals surface area contributed by atoms with Crippen molar-refractivity contribution in [2.24, 2.45) is 0 Å². The summed E-state index contributed by atoms with van der Waals surface area (Å²) in [6.07, 6.45) is 5.56. The summed E-state index contributed by atoms with van der Waals surface area (Å²) in [7, 11) is -1.61. The van der Waals surface area contributed by atoms with Crippen LogP contribution in [0.5, 0.6) is 0 Å². The van der Waals surface area contributed by atoms with E-state index in [0.717, 1.165) is 29.7 Å². The van der Waals surface area contributed by atoms with Crippen molar-refractivity contribution in [3.63, 3.8) is 0 Å². The zero-order chi connectivity index (χ0) is 14.3. The fourth-order valence-corrected chi connectivity index (χ4v) is 5.69. The normalized spacial score (nSPS) is 20.4. The van der Waals surface area contributed by atoms with E-state index in [1.54, 1.807) is 22.7 Å². The maximum atomic E-state index is 12.8. The van der Waals surface area contributed by atoms with Gasteiger partial charge in [-0.3, -0.25) is 0 Å². The molecular weight excluding hydrogens is 292 g/mol. The number of aryl methyl sites for hydroxylation is 1. The molecule has 20 heavy (non-hydrogen) atoms. The van der Waals surface area contributed by atoms with Crippen LogP contribution in [0.25, 0.3) is 0 Å². The Kier molecular flexibility index (Phi) is 3.92. The number of hydrogen-bond donors (Lipinski definition) is 1. The molecule has 2 fully saturated rings. The Hall–Kier alpha value is -0.430. The summed E-state index contributed by atoms with van der Waals surface area (Å²) >= 11 is 1.56. The zero-order valence-electron chi connectivity index (χ0n) is 12.1. The van der Waals surface area contributed by atoms with Gasteiger partial charge in [0.15, 0.2) is 0 Å².